The fourth-order valence-electron chi connectivity index (χ4n) is 2.90. The number of carbonyl (C=O) groups is 2. The molecule has 31 heavy (non-hydrogen) atoms. The number of benzene rings is 1. The van der Waals surface area contributed by atoms with Gasteiger partial charge in [-0.1, -0.05) is 19.1 Å². The molecule has 1 heterocycles. The standard InChI is InChI=1S/C21H21N5O5/c1-2-7-24-16-17(19(28)18(16)27)25-14(21(30)31)10-12-3-5-13(6-4-12)20(29)26-15-11-22-8-9-23-15/h3-6,8-9,11,14,24-25H,2,7,10H2,1H3,(H,30,31)(H,23,26,29)/t14-/m0/s1. The van der Waals surface area contributed by atoms with Gasteiger partial charge in [-0.05, 0) is 24.1 Å². The average Bonchev–Trinajstić information content (AvgIpc) is 2.78. The van der Waals surface area contributed by atoms with Gasteiger partial charge in [0.05, 0.1) is 6.20 Å². The molecular weight excluding hydrogens is 402 g/mol. The Morgan fingerprint density at radius 3 is 2.39 bits per heavy atom. The van der Waals surface area contributed by atoms with Crippen LogP contribution in [0.1, 0.15) is 29.3 Å². The van der Waals surface area contributed by atoms with E-state index in [1.807, 2.05) is 6.92 Å². The first kappa shape index (κ1) is 21.6. The minimum Gasteiger partial charge on any atom is -0.480 e. The summed E-state index contributed by atoms with van der Waals surface area (Å²) in [5, 5.41) is 17.7. The number of nitrogens with zero attached hydrogens (tertiary/aromatic N) is 2. The molecule has 0 radical (unpaired) electrons. The van der Waals surface area contributed by atoms with Crippen LogP contribution in [0.2, 0.25) is 0 Å². The van der Waals surface area contributed by atoms with Gasteiger partial charge in [0.15, 0.2) is 5.82 Å². The lowest BCUT2D eigenvalue weighted by atomic mass is 10.0. The Labute approximate surface area is 177 Å². The largest absolute Gasteiger partial charge is 0.480 e. The van der Waals surface area contributed by atoms with E-state index in [2.05, 4.69) is 25.9 Å². The van der Waals surface area contributed by atoms with Crippen LogP contribution in [-0.2, 0) is 11.2 Å². The molecule has 0 saturated carbocycles. The zero-order valence-corrected chi connectivity index (χ0v) is 16.7. The molecular formula is C21H21N5O5. The Bertz CT molecular complexity index is 1140. The summed E-state index contributed by atoms with van der Waals surface area (Å²) in [6, 6.07) is 5.25. The van der Waals surface area contributed by atoms with E-state index in [0.29, 0.717) is 23.5 Å². The van der Waals surface area contributed by atoms with E-state index in [1.54, 1.807) is 24.3 Å². The third-order valence-corrected chi connectivity index (χ3v) is 4.54. The predicted octanol–water partition coefficient (Wildman–Crippen LogP) is 1.25. The maximum Gasteiger partial charge on any atom is 0.326 e. The van der Waals surface area contributed by atoms with Gasteiger partial charge in [0.2, 0.25) is 0 Å². The van der Waals surface area contributed by atoms with Crippen LogP contribution in [0.3, 0.4) is 0 Å². The maximum atomic E-state index is 12.3. The molecule has 0 fully saturated rings. The van der Waals surface area contributed by atoms with Crippen LogP contribution in [0.15, 0.2) is 52.4 Å². The zero-order chi connectivity index (χ0) is 22.4. The van der Waals surface area contributed by atoms with Crippen LogP contribution < -0.4 is 26.8 Å². The van der Waals surface area contributed by atoms with E-state index in [4.69, 9.17) is 0 Å². The second kappa shape index (κ2) is 9.61. The van der Waals surface area contributed by atoms with Crippen molar-refractivity contribution in [3.63, 3.8) is 0 Å². The monoisotopic (exact) mass is 423 g/mol. The van der Waals surface area contributed by atoms with Crippen molar-refractivity contribution in [3.8, 4) is 0 Å². The van der Waals surface area contributed by atoms with Crippen molar-refractivity contribution in [1.82, 2.24) is 9.97 Å². The van der Waals surface area contributed by atoms with Crippen molar-refractivity contribution in [2.24, 2.45) is 0 Å². The molecule has 160 valence electrons. The number of amides is 1. The molecule has 0 bridgehead atoms. The first-order valence-corrected chi connectivity index (χ1v) is 9.63. The lowest BCUT2D eigenvalue weighted by Gasteiger charge is -2.19. The summed E-state index contributed by atoms with van der Waals surface area (Å²) in [6.07, 6.45) is 5.16. The number of hydrogen-bond acceptors (Lipinski definition) is 8. The van der Waals surface area contributed by atoms with Gasteiger partial charge in [-0.25, -0.2) is 9.78 Å². The number of hydrogen-bond donors (Lipinski definition) is 4. The Hall–Kier alpha value is -4.08. The Morgan fingerprint density at radius 1 is 1.06 bits per heavy atom. The van der Waals surface area contributed by atoms with Crippen molar-refractivity contribution in [3.05, 3.63) is 74.4 Å². The van der Waals surface area contributed by atoms with Crippen molar-refractivity contribution in [2.45, 2.75) is 25.8 Å². The van der Waals surface area contributed by atoms with E-state index >= 15 is 0 Å². The molecule has 0 aliphatic heterocycles. The summed E-state index contributed by atoms with van der Waals surface area (Å²) >= 11 is 0. The molecule has 0 spiro atoms. The van der Waals surface area contributed by atoms with Crippen LogP contribution >= 0.6 is 0 Å². The van der Waals surface area contributed by atoms with Gasteiger partial charge in [0.25, 0.3) is 16.8 Å². The minimum absolute atomic E-state index is 0.00850. The third-order valence-electron chi connectivity index (χ3n) is 4.54. The zero-order valence-electron chi connectivity index (χ0n) is 16.7. The second-order valence-electron chi connectivity index (χ2n) is 6.82. The number of rotatable bonds is 10. The van der Waals surface area contributed by atoms with Gasteiger partial charge in [-0.2, -0.15) is 0 Å². The molecule has 10 heteroatoms. The summed E-state index contributed by atoms with van der Waals surface area (Å²) in [4.78, 5) is 55.4. The molecule has 1 atom stereocenters. The minimum atomic E-state index is -1.17. The van der Waals surface area contributed by atoms with Gasteiger partial charge in [0, 0.05) is 30.9 Å². The Balaban J connectivity index is 1.68. The first-order chi connectivity index (χ1) is 14.9. The Kier molecular flexibility index (Phi) is 6.71. The number of anilines is 3. The van der Waals surface area contributed by atoms with E-state index in [1.165, 1.54) is 18.6 Å². The number of carbonyl (C=O) groups excluding carboxylic acids is 1. The lowest BCUT2D eigenvalue weighted by molar-refractivity contribution is -0.137. The summed E-state index contributed by atoms with van der Waals surface area (Å²) in [5.74, 6) is -1.23. The molecule has 0 aliphatic rings. The van der Waals surface area contributed by atoms with Gasteiger partial charge in [-0.15, -0.1) is 0 Å². The molecule has 1 aromatic heterocycles. The highest BCUT2D eigenvalue weighted by atomic mass is 16.4. The topological polar surface area (TPSA) is 150 Å². The number of nitrogens with one attached hydrogen (secondary N) is 3. The summed E-state index contributed by atoms with van der Waals surface area (Å²) in [6.45, 7) is 2.40. The number of carboxylic acids is 1. The van der Waals surface area contributed by atoms with Crippen molar-refractivity contribution >= 4 is 29.1 Å². The van der Waals surface area contributed by atoms with Crippen LogP contribution in [-0.4, -0.2) is 39.5 Å². The second-order valence-corrected chi connectivity index (χ2v) is 6.82. The summed E-state index contributed by atoms with van der Waals surface area (Å²) in [7, 11) is 0. The van der Waals surface area contributed by atoms with Gasteiger partial charge >= 0.3 is 5.97 Å². The van der Waals surface area contributed by atoms with Crippen LogP contribution in [0.4, 0.5) is 17.2 Å². The lowest BCUT2D eigenvalue weighted by Crippen LogP contribution is -2.42. The fraction of sp³-hybridized carbons (Fsp3) is 0.238. The summed E-state index contributed by atoms with van der Waals surface area (Å²) in [5.41, 5.74) is -0.278. The molecule has 3 aromatic rings. The number of aromatic nitrogens is 2. The molecule has 10 nitrogen and oxygen atoms in total. The van der Waals surface area contributed by atoms with Crippen LogP contribution in [0.25, 0.3) is 0 Å². The van der Waals surface area contributed by atoms with E-state index in [9.17, 15) is 24.3 Å². The maximum absolute atomic E-state index is 12.3. The fourth-order valence-corrected chi connectivity index (χ4v) is 2.90. The SMILES string of the molecule is CCCNc1c(N[C@@H](Cc2ccc(C(=O)Nc3cnccn3)cc2)C(=O)O)c(=O)c1=O. The highest BCUT2D eigenvalue weighted by Gasteiger charge is 2.26. The molecule has 2 aromatic carbocycles. The highest BCUT2D eigenvalue weighted by molar-refractivity contribution is 6.03. The molecule has 0 aliphatic carbocycles. The first-order valence-electron chi connectivity index (χ1n) is 9.63. The summed E-state index contributed by atoms with van der Waals surface area (Å²) < 4.78 is 0. The van der Waals surface area contributed by atoms with E-state index in [-0.39, 0.29) is 23.7 Å². The van der Waals surface area contributed by atoms with Crippen molar-refractivity contribution in [2.75, 3.05) is 22.5 Å². The molecule has 3 rings (SSSR count). The molecule has 4 N–H and O–H groups in total. The Morgan fingerprint density at radius 2 is 1.77 bits per heavy atom. The molecule has 0 saturated heterocycles. The molecule has 0 unspecified atom stereocenters. The highest BCUT2D eigenvalue weighted by Crippen LogP contribution is 2.18. The predicted molar refractivity (Wildman–Crippen MR) is 115 cm³/mol. The number of aliphatic carboxylic acids is 1. The van der Waals surface area contributed by atoms with Gasteiger partial charge < -0.3 is 21.1 Å². The van der Waals surface area contributed by atoms with Crippen molar-refractivity contribution in [1.29, 1.82) is 0 Å². The van der Waals surface area contributed by atoms with Gasteiger partial charge in [-0.3, -0.25) is 19.4 Å². The van der Waals surface area contributed by atoms with E-state index < -0.39 is 22.9 Å². The van der Waals surface area contributed by atoms with Gasteiger partial charge in [0.1, 0.15) is 17.4 Å². The average molecular weight is 423 g/mol. The smallest absolute Gasteiger partial charge is 0.326 e. The van der Waals surface area contributed by atoms with Crippen LogP contribution in [0, 0.1) is 0 Å². The quantitative estimate of drug-likeness (QED) is 0.353. The normalized spacial score (nSPS) is 11.6. The molecule has 1 amide bonds. The third kappa shape index (κ3) is 5.10. The van der Waals surface area contributed by atoms with Crippen molar-refractivity contribution < 1.29 is 14.7 Å². The van der Waals surface area contributed by atoms with Crippen LogP contribution in [0.5, 0.6) is 0 Å². The number of carboxylic acid groups (broad SMARTS) is 1. The van der Waals surface area contributed by atoms with E-state index in [0.717, 1.165) is 6.42 Å².